The van der Waals surface area contributed by atoms with Crippen LogP contribution in [0.1, 0.15) is 41.8 Å². The van der Waals surface area contributed by atoms with Crippen LogP contribution in [0.4, 0.5) is 13.2 Å². The van der Waals surface area contributed by atoms with Crippen LogP contribution in [-0.4, -0.2) is 38.9 Å². The van der Waals surface area contributed by atoms with E-state index in [0.29, 0.717) is 0 Å². The number of halogens is 3. The van der Waals surface area contributed by atoms with Gasteiger partial charge in [0.2, 0.25) is 0 Å². The molecule has 1 unspecified atom stereocenters. The minimum Gasteiger partial charge on any atom is -0.387 e. The minimum absolute atomic E-state index is 0.0201. The summed E-state index contributed by atoms with van der Waals surface area (Å²) >= 11 is 0. The molecular formula is C18H20F3N3O. The van der Waals surface area contributed by atoms with Gasteiger partial charge >= 0.3 is 6.18 Å². The van der Waals surface area contributed by atoms with Gasteiger partial charge in [-0.15, -0.1) is 0 Å². The zero-order chi connectivity index (χ0) is 17.6. The van der Waals surface area contributed by atoms with Gasteiger partial charge in [-0.2, -0.15) is 18.3 Å². The smallest absolute Gasteiger partial charge is 0.387 e. The van der Waals surface area contributed by atoms with Gasteiger partial charge in [0.1, 0.15) is 0 Å². The van der Waals surface area contributed by atoms with Crippen molar-refractivity contribution in [3.63, 3.8) is 0 Å². The van der Waals surface area contributed by atoms with Crippen molar-refractivity contribution >= 4 is 0 Å². The average molecular weight is 351 g/mol. The van der Waals surface area contributed by atoms with Crippen LogP contribution in [-0.2, 0) is 12.6 Å². The molecule has 2 atom stereocenters. The van der Waals surface area contributed by atoms with Gasteiger partial charge in [-0.1, -0.05) is 24.3 Å². The summed E-state index contributed by atoms with van der Waals surface area (Å²) in [6, 6.07) is 9.00. The number of fused-ring (bicyclic) bond motifs is 1. The Kier molecular flexibility index (Phi) is 4.08. The number of aromatic nitrogens is 2. The Morgan fingerprint density at radius 1 is 1.08 bits per heavy atom. The van der Waals surface area contributed by atoms with Crippen molar-refractivity contribution in [2.75, 3.05) is 13.1 Å². The highest BCUT2D eigenvalue weighted by atomic mass is 19.4. The van der Waals surface area contributed by atoms with E-state index in [1.807, 2.05) is 24.3 Å². The summed E-state index contributed by atoms with van der Waals surface area (Å²) in [5, 5.41) is 14.3. The highest BCUT2D eigenvalue weighted by Gasteiger charge is 2.38. The molecule has 4 nitrogen and oxygen atoms in total. The summed E-state index contributed by atoms with van der Waals surface area (Å²) in [5.74, 6) is 0. The van der Waals surface area contributed by atoms with Crippen LogP contribution in [0.3, 0.4) is 0 Å². The van der Waals surface area contributed by atoms with Crippen LogP contribution in [0.2, 0.25) is 0 Å². The van der Waals surface area contributed by atoms with Crippen molar-refractivity contribution in [1.29, 1.82) is 0 Å². The Bertz CT molecular complexity index is 750. The van der Waals surface area contributed by atoms with E-state index < -0.39 is 18.0 Å². The molecular weight excluding hydrogens is 331 g/mol. The molecule has 2 aliphatic rings. The van der Waals surface area contributed by atoms with E-state index in [0.717, 1.165) is 44.0 Å². The Balaban J connectivity index is 1.40. The number of aliphatic hydroxyl groups is 1. The summed E-state index contributed by atoms with van der Waals surface area (Å²) in [4.78, 5) is 2.26. The molecule has 1 N–H and O–H groups in total. The maximum atomic E-state index is 12.7. The zero-order valence-corrected chi connectivity index (χ0v) is 13.7. The number of piperidine rings is 1. The number of aliphatic hydroxyl groups excluding tert-OH is 1. The third-order valence-corrected chi connectivity index (χ3v) is 5.41. The summed E-state index contributed by atoms with van der Waals surface area (Å²) in [7, 11) is 0. The first kappa shape index (κ1) is 16.6. The summed E-state index contributed by atoms with van der Waals surface area (Å²) in [5.41, 5.74) is 1.34. The van der Waals surface area contributed by atoms with Crippen molar-refractivity contribution in [3.05, 3.63) is 53.3 Å². The monoisotopic (exact) mass is 351 g/mol. The predicted octanol–water partition coefficient (Wildman–Crippen LogP) is 3.20. The Labute approximate surface area is 143 Å². The van der Waals surface area contributed by atoms with E-state index in [4.69, 9.17) is 0 Å². The van der Waals surface area contributed by atoms with Crippen LogP contribution in [0.15, 0.2) is 36.5 Å². The van der Waals surface area contributed by atoms with E-state index in [1.165, 1.54) is 16.4 Å². The number of likely N-dealkylation sites (tertiary alicyclic amines) is 1. The van der Waals surface area contributed by atoms with Crippen molar-refractivity contribution in [1.82, 2.24) is 14.7 Å². The van der Waals surface area contributed by atoms with Gasteiger partial charge < -0.3 is 5.11 Å². The van der Waals surface area contributed by atoms with Gasteiger partial charge in [-0.3, -0.25) is 9.58 Å². The molecule has 7 heteroatoms. The number of benzene rings is 1. The zero-order valence-electron chi connectivity index (χ0n) is 13.7. The number of hydrogen-bond donors (Lipinski definition) is 1. The second-order valence-electron chi connectivity index (χ2n) is 6.86. The molecule has 4 rings (SSSR count). The largest absolute Gasteiger partial charge is 0.435 e. The van der Waals surface area contributed by atoms with Crippen molar-refractivity contribution < 1.29 is 18.3 Å². The van der Waals surface area contributed by atoms with E-state index in [-0.39, 0.29) is 12.1 Å². The highest BCUT2D eigenvalue weighted by molar-refractivity contribution is 5.36. The molecule has 1 aliphatic heterocycles. The van der Waals surface area contributed by atoms with Gasteiger partial charge in [0, 0.05) is 25.3 Å². The lowest BCUT2D eigenvalue weighted by Gasteiger charge is -2.37. The lowest BCUT2D eigenvalue weighted by atomic mass is 10.0. The van der Waals surface area contributed by atoms with Crippen LogP contribution >= 0.6 is 0 Å². The number of nitrogens with zero attached hydrogens (tertiary/aromatic N) is 3. The standard InChI is InChI=1S/C18H20F3N3O/c19-18(20,21)16-7-10-24(22-16)13-5-8-23(9-6-13)15-11-12-3-1-2-4-14(12)17(15)25/h1-4,7,10,13,15,17,25H,5-6,8-9,11H2/t15?,17-/m0/s1. The normalized spacial score (nSPS) is 25.3. The molecule has 134 valence electrons. The first-order chi connectivity index (χ1) is 11.9. The van der Waals surface area contributed by atoms with Gasteiger partial charge in [0.25, 0.3) is 0 Å². The Hall–Kier alpha value is -1.86. The number of rotatable bonds is 2. The third-order valence-electron chi connectivity index (χ3n) is 5.41. The average Bonchev–Trinajstić information content (AvgIpc) is 3.21. The summed E-state index contributed by atoms with van der Waals surface area (Å²) in [6.45, 7) is 1.50. The van der Waals surface area contributed by atoms with E-state index >= 15 is 0 Å². The fraction of sp³-hybridized carbons (Fsp3) is 0.500. The molecule has 0 saturated carbocycles. The van der Waals surface area contributed by atoms with Crippen LogP contribution in [0.5, 0.6) is 0 Å². The fourth-order valence-electron chi connectivity index (χ4n) is 4.06. The van der Waals surface area contributed by atoms with Gasteiger partial charge in [-0.05, 0) is 36.5 Å². The molecule has 1 fully saturated rings. The fourth-order valence-corrected chi connectivity index (χ4v) is 4.06. The molecule has 0 bridgehead atoms. The van der Waals surface area contributed by atoms with Crippen molar-refractivity contribution in [3.8, 4) is 0 Å². The molecule has 2 aromatic rings. The molecule has 1 saturated heterocycles. The number of alkyl halides is 3. The van der Waals surface area contributed by atoms with Crippen molar-refractivity contribution in [2.24, 2.45) is 0 Å². The van der Waals surface area contributed by atoms with Gasteiger partial charge in [0.15, 0.2) is 5.69 Å². The molecule has 0 amide bonds. The first-order valence-corrected chi connectivity index (χ1v) is 8.56. The predicted molar refractivity (Wildman–Crippen MR) is 86.0 cm³/mol. The van der Waals surface area contributed by atoms with Gasteiger partial charge in [0.05, 0.1) is 12.1 Å². The van der Waals surface area contributed by atoms with Crippen LogP contribution in [0, 0.1) is 0 Å². The quantitative estimate of drug-likeness (QED) is 0.903. The Morgan fingerprint density at radius 2 is 1.80 bits per heavy atom. The minimum atomic E-state index is -4.40. The molecule has 1 aliphatic carbocycles. The second-order valence-corrected chi connectivity index (χ2v) is 6.86. The topological polar surface area (TPSA) is 41.3 Å². The highest BCUT2D eigenvalue weighted by Crippen LogP contribution is 2.37. The molecule has 2 heterocycles. The lowest BCUT2D eigenvalue weighted by Crippen LogP contribution is -2.44. The first-order valence-electron chi connectivity index (χ1n) is 8.56. The molecule has 1 aromatic heterocycles. The van der Waals surface area contributed by atoms with Crippen molar-refractivity contribution in [2.45, 2.75) is 43.6 Å². The molecule has 0 spiro atoms. The molecule has 25 heavy (non-hydrogen) atoms. The Morgan fingerprint density at radius 3 is 2.44 bits per heavy atom. The maximum absolute atomic E-state index is 12.7. The van der Waals surface area contributed by atoms with Crippen LogP contribution in [0.25, 0.3) is 0 Å². The summed E-state index contributed by atoms with van der Waals surface area (Å²) in [6.07, 6.45) is -1.18. The van der Waals surface area contributed by atoms with E-state index in [2.05, 4.69) is 10.00 Å². The number of hydrogen-bond acceptors (Lipinski definition) is 3. The SMILES string of the molecule is O[C@H]1c2ccccc2CC1N1CCC(n2ccc(C(F)(F)F)n2)CC1. The molecule has 1 aromatic carbocycles. The summed E-state index contributed by atoms with van der Waals surface area (Å²) < 4.78 is 39.5. The third kappa shape index (κ3) is 3.06. The lowest BCUT2D eigenvalue weighted by molar-refractivity contribution is -0.141. The van der Waals surface area contributed by atoms with Gasteiger partial charge in [-0.25, -0.2) is 0 Å². The second kappa shape index (κ2) is 6.14. The van der Waals surface area contributed by atoms with Crippen LogP contribution < -0.4 is 0 Å². The molecule has 0 radical (unpaired) electrons. The van der Waals surface area contributed by atoms with E-state index in [1.54, 1.807) is 0 Å². The van der Waals surface area contributed by atoms with E-state index in [9.17, 15) is 18.3 Å². The maximum Gasteiger partial charge on any atom is 0.435 e.